The summed E-state index contributed by atoms with van der Waals surface area (Å²) in [5.41, 5.74) is 1.53. The Hall–Kier alpha value is -0.480. The van der Waals surface area contributed by atoms with E-state index in [1.54, 1.807) is 6.07 Å². The van der Waals surface area contributed by atoms with Gasteiger partial charge in [-0.15, -0.1) is 0 Å². The van der Waals surface area contributed by atoms with E-state index < -0.39 is 9.96 Å². The van der Waals surface area contributed by atoms with Crippen LogP contribution in [0, 0.1) is 6.92 Å². The number of carbonyl (C=O) groups is 1. The Kier molecular flexibility index (Phi) is 5.78. The summed E-state index contributed by atoms with van der Waals surface area (Å²) in [4.78, 5) is 13.6. The second-order valence-electron chi connectivity index (χ2n) is 5.48. The van der Waals surface area contributed by atoms with Gasteiger partial charge in [-0.2, -0.15) is 0 Å². The van der Waals surface area contributed by atoms with Gasteiger partial charge in [-0.05, 0) is 37.8 Å². The Morgan fingerprint density at radius 3 is 2.38 bits per heavy atom. The number of halogens is 3. The first-order chi connectivity index (χ1) is 9.89. The number of benzene rings is 1. The summed E-state index contributed by atoms with van der Waals surface area (Å²) < 4.78 is -1.52. The third kappa shape index (κ3) is 4.49. The Morgan fingerprint density at radius 2 is 1.81 bits per heavy atom. The van der Waals surface area contributed by atoms with Crippen LogP contribution in [0.25, 0.3) is 0 Å². The fourth-order valence-electron chi connectivity index (χ4n) is 2.75. The highest BCUT2D eigenvalue weighted by molar-refractivity contribution is 6.68. The molecule has 0 aliphatic carbocycles. The van der Waals surface area contributed by atoms with Crippen molar-refractivity contribution in [3.63, 3.8) is 0 Å². The number of aryl methyl sites for hydroxylation is 1. The molecule has 1 aliphatic rings. The van der Waals surface area contributed by atoms with Gasteiger partial charge in [0.1, 0.15) is 0 Å². The molecule has 1 aliphatic heterocycles. The van der Waals surface area contributed by atoms with E-state index >= 15 is 0 Å². The lowest BCUT2D eigenvalue weighted by Crippen LogP contribution is -3.20. The first kappa shape index (κ1) is 16.9. The van der Waals surface area contributed by atoms with E-state index in [-0.39, 0.29) is 5.91 Å². The lowest BCUT2D eigenvalue weighted by atomic mass is 10.1. The number of amides is 1. The number of piperidine rings is 1. The third-order valence-corrected chi connectivity index (χ3v) is 4.55. The molecule has 1 saturated heterocycles. The molecule has 0 unspecified atom stereocenters. The van der Waals surface area contributed by atoms with E-state index in [0.717, 1.165) is 36.4 Å². The molecule has 2 rings (SSSR count). The van der Waals surface area contributed by atoms with E-state index in [1.165, 1.54) is 6.42 Å². The molecule has 1 amide bonds. The average Bonchev–Trinajstić information content (AvgIpc) is 2.44. The summed E-state index contributed by atoms with van der Waals surface area (Å²) in [5, 5.41) is 2.91. The minimum Gasteiger partial charge on any atom is -0.312 e. The standard InChI is InChI=1S/C15H19Cl3N2O/c1-11-7-3-4-8-12(11)13(21)19-14(15(16,17)18)20-9-5-2-6-10-20/h3-4,7-8,14H,2,5-6,9-10H2,1H3,(H,19,21)/p+1/t14-/m0/s1. The fourth-order valence-corrected chi connectivity index (χ4v) is 3.37. The van der Waals surface area contributed by atoms with Crippen molar-refractivity contribution in [2.75, 3.05) is 13.1 Å². The molecule has 0 spiro atoms. The van der Waals surface area contributed by atoms with Crippen LogP contribution in [-0.4, -0.2) is 29.0 Å². The number of quaternary nitrogens is 1. The van der Waals surface area contributed by atoms with Crippen molar-refractivity contribution in [2.24, 2.45) is 0 Å². The minimum atomic E-state index is -1.52. The van der Waals surface area contributed by atoms with Gasteiger partial charge in [0.2, 0.25) is 6.17 Å². The average molecular weight is 351 g/mol. The Morgan fingerprint density at radius 1 is 1.19 bits per heavy atom. The van der Waals surface area contributed by atoms with Crippen LogP contribution >= 0.6 is 34.8 Å². The molecule has 0 aromatic heterocycles. The number of carbonyl (C=O) groups excluding carboxylic acids is 1. The van der Waals surface area contributed by atoms with Crippen molar-refractivity contribution in [1.82, 2.24) is 5.32 Å². The van der Waals surface area contributed by atoms with Gasteiger partial charge < -0.3 is 4.90 Å². The van der Waals surface area contributed by atoms with Gasteiger partial charge in [0.25, 0.3) is 9.70 Å². The number of hydrogen-bond acceptors (Lipinski definition) is 1. The monoisotopic (exact) mass is 349 g/mol. The van der Waals surface area contributed by atoms with Crippen LogP contribution in [0.1, 0.15) is 35.2 Å². The lowest BCUT2D eigenvalue weighted by Gasteiger charge is -2.35. The van der Waals surface area contributed by atoms with Crippen LogP contribution < -0.4 is 10.2 Å². The molecule has 3 nitrogen and oxygen atoms in total. The zero-order chi connectivity index (χ0) is 15.5. The van der Waals surface area contributed by atoms with Gasteiger partial charge in [0.15, 0.2) is 0 Å². The molecule has 6 heteroatoms. The van der Waals surface area contributed by atoms with Crippen molar-refractivity contribution >= 4 is 40.7 Å². The molecule has 0 radical (unpaired) electrons. The van der Waals surface area contributed by atoms with Gasteiger partial charge in [0.05, 0.1) is 13.1 Å². The summed E-state index contributed by atoms with van der Waals surface area (Å²) in [6, 6.07) is 7.41. The van der Waals surface area contributed by atoms with E-state index in [2.05, 4.69) is 5.32 Å². The van der Waals surface area contributed by atoms with Gasteiger partial charge in [0, 0.05) is 5.56 Å². The summed E-state index contributed by atoms with van der Waals surface area (Å²) >= 11 is 18.3. The highest BCUT2D eigenvalue weighted by atomic mass is 35.6. The predicted octanol–water partition coefficient (Wildman–Crippen LogP) is 2.49. The summed E-state index contributed by atoms with van der Waals surface area (Å²) in [6.07, 6.45) is 2.84. The highest BCUT2D eigenvalue weighted by Gasteiger charge is 2.42. The molecule has 116 valence electrons. The fraction of sp³-hybridized carbons (Fsp3) is 0.533. The quantitative estimate of drug-likeness (QED) is 0.807. The van der Waals surface area contributed by atoms with Crippen LogP contribution in [0.3, 0.4) is 0 Å². The van der Waals surface area contributed by atoms with Gasteiger partial charge in [-0.25, -0.2) is 0 Å². The second kappa shape index (κ2) is 7.19. The van der Waals surface area contributed by atoms with Gasteiger partial charge in [-0.1, -0.05) is 53.0 Å². The van der Waals surface area contributed by atoms with Crippen molar-refractivity contribution < 1.29 is 9.69 Å². The van der Waals surface area contributed by atoms with Crippen molar-refractivity contribution in [3.05, 3.63) is 35.4 Å². The molecule has 2 N–H and O–H groups in total. The maximum Gasteiger partial charge on any atom is 0.262 e. The zero-order valence-electron chi connectivity index (χ0n) is 12.0. The first-order valence-corrected chi connectivity index (χ1v) is 8.31. The van der Waals surface area contributed by atoms with Crippen molar-refractivity contribution in [3.8, 4) is 0 Å². The van der Waals surface area contributed by atoms with Crippen LogP contribution in [0.5, 0.6) is 0 Å². The van der Waals surface area contributed by atoms with Crippen molar-refractivity contribution in [1.29, 1.82) is 0 Å². The number of likely N-dealkylation sites (tertiary alicyclic amines) is 1. The van der Waals surface area contributed by atoms with E-state index in [4.69, 9.17) is 34.8 Å². The molecule has 1 aromatic carbocycles. The van der Waals surface area contributed by atoms with Crippen molar-refractivity contribution in [2.45, 2.75) is 36.1 Å². The SMILES string of the molecule is Cc1ccccc1C(=O)N[C@@H]([NH+]1CCCCC1)C(Cl)(Cl)Cl. The first-order valence-electron chi connectivity index (χ1n) is 7.17. The molecule has 1 aromatic rings. The molecule has 21 heavy (non-hydrogen) atoms. The number of rotatable bonds is 3. The highest BCUT2D eigenvalue weighted by Crippen LogP contribution is 2.28. The van der Waals surface area contributed by atoms with Gasteiger partial charge >= 0.3 is 0 Å². The van der Waals surface area contributed by atoms with E-state index in [0.29, 0.717) is 5.56 Å². The molecule has 1 atom stereocenters. The van der Waals surface area contributed by atoms with Crippen LogP contribution in [-0.2, 0) is 0 Å². The number of hydrogen-bond donors (Lipinski definition) is 2. The topological polar surface area (TPSA) is 33.5 Å². The van der Waals surface area contributed by atoms with Gasteiger partial charge in [-0.3, -0.25) is 10.1 Å². The normalized spacial score (nSPS) is 18.3. The summed E-state index contributed by atoms with van der Waals surface area (Å²) in [5.74, 6) is -0.192. The molecular formula is C15H20Cl3N2O+. The molecule has 1 heterocycles. The maximum atomic E-state index is 12.5. The maximum absolute atomic E-state index is 12.5. The lowest BCUT2D eigenvalue weighted by molar-refractivity contribution is -0.931. The van der Waals surface area contributed by atoms with Crippen LogP contribution in [0.4, 0.5) is 0 Å². The largest absolute Gasteiger partial charge is 0.312 e. The van der Waals surface area contributed by atoms with Crippen LogP contribution in [0.2, 0.25) is 0 Å². The third-order valence-electron chi connectivity index (χ3n) is 3.90. The Bertz CT molecular complexity index is 496. The zero-order valence-corrected chi connectivity index (χ0v) is 14.2. The molecule has 0 bridgehead atoms. The molecular weight excluding hydrogens is 331 g/mol. The van der Waals surface area contributed by atoms with E-state index in [1.807, 2.05) is 25.1 Å². The number of nitrogens with one attached hydrogen (secondary N) is 2. The summed E-state index contributed by atoms with van der Waals surface area (Å²) in [6.45, 7) is 3.71. The molecule has 0 saturated carbocycles. The smallest absolute Gasteiger partial charge is 0.262 e. The second-order valence-corrected chi connectivity index (χ2v) is 7.85. The molecule has 1 fully saturated rings. The minimum absolute atomic E-state index is 0.192. The van der Waals surface area contributed by atoms with E-state index in [9.17, 15) is 4.79 Å². The summed E-state index contributed by atoms with van der Waals surface area (Å²) in [7, 11) is 0. The van der Waals surface area contributed by atoms with Crippen LogP contribution in [0.15, 0.2) is 24.3 Å². The Labute approximate surface area is 140 Å². The Balaban J connectivity index is 2.15. The number of alkyl halides is 3. The predicted molar refractivity (Wildman–Crippen MR) is 87.3 cm³/mol.